The van der Waals surface area contributed by atoms with Crippen molar-refractivity contribution in [2.75, 3.05) is 33.7 Å². The predicted octanol–water partition coefficient (Wildman–Crippen LogP) is 2.94. The van der Waals surface area contributed by atoms with Crippen molar-refractivity contribution in [3.63, 3.8) is 0 Å². The molecule has 1 aliphatic carbocycles. The van der Waals surface area contributed by atoms with Gasteiger partial charge in [-0.1, -0.05) is 28.9 Å². The van der Waals surface area contributed by atoms with Crippen LogP contribution in [0.25, 0.3) is 11.3 Å². The second-order valence-corrected chi connectivity index (χ2v) is 7.94. The van der Waals surface area contributed by atoms with E-state index in [1.54, 1.807) is 0 Å². The van der Waals surface area contributed by atoms with Crippen LogP contribution in [0.1, 0.15) is 5.76 Å². The molecule has 26 heavy (non-hydrogen) atoms. The largest absolute Gasteiger partial charge is 0.359 e. The van der Waals surface area contributed by atoms with Gasteiger partial charge < -0.3 is 19.6 Å². The number of aromatic nitrogens is 1. The van der Waals surface area contributed by atoms with Gasteiger partial charge in [-0.2, -0.15) is 0 Å². The standard InChI is InChI=1S/C19H23ClN4O2/c1-23(2)9-15-16-10-24(11-17(15)16)19(25)21-8-14-7-18(22-26-14)12-3-5-13(20)6-4-12/h3-7,15-17H,8-11H2,1-2H3,(H,21,25)/t15?,16-,17+. The molecule has 1 unspecified atom stereocenters. The number of nitrogens with zero attached hydrogens (tertiary/aromatic N) is 3. The molecule has 138 valence electrons. The van der Waals surface area contributed by atoms with Crippen LogP contribution in [-0.2, 0) is 6.54 Å². The molecule has 1 saturated heterocycles. The Morgan fingerprint density at radius 2 is 2.00 bits per heavy atom. The number of carbonyl (C=O) groups excluding carboxylic acids is 1. The number of amides is 2. The third kappa shape index (κ3) is 3.57. The zero-order chi connectivity index (χ0) is 18.3. The average Bonchev–Trinajstić information content (AvgIpc) is 3.02. The van der Waals surface area contributed by atoms with Gasteiger partial charge in [-0.05, 0) is 44.0 Å². The number of halogens is 1. The molecule has 0 spiro atoms. The second-order valence-electron chi connectivity index (χ2n) is 7.50. The summed E-state index contributed by atoms with van der Waals surface area (Å²) in [6, 6.07) is 9.24. The number of piperidine rings is 1. The van der Waals surface area contributed by atoms with E-state index in [0.29, 0.717) is 29.2 Å². The lowest BCUT2D eigenvalue weighted by molar-refractivity contribution is 0.196. The molecule has 1 aromatic heterocycles. The molecule has 6 nitrogen and oxygen atoms in total. The molecule has 4 rings (SSSR count). The first-order valence-corrected chi connectivity index (χ1v) is 9.28. The number of nitrogens with one attached hydrogen (secondary N) is 1. The minimum Gasteiger partial charge on any atom is -0.359 e. The third-order valence-electron chi connectivity index (χ3n) is 5.35. The zero-order valence-corrected chi connectivity index (χ0v) is 15.7. The molecule has 3 atom stereocenters. The molecule has 1 saturated carbocycles. The van der Waals surface area contributed by atoms with E-state index in [1.807, 2.05) is 35.2 Å². The molecule has 1 aromatic carbocycles. The number of benzene rings is 1. The van der Waals surface area contributed by atoms with Crippen LogP contribution in [0, 0.1) is 17.8 Å². The Morgan fingerprint density at radius 3 is 2.65 bits per heavy atom. The molecule has 2 fully saturated rings. The molecular weight excluding hydrogens is 352 g/mol. The fourth-order valence-electron chi connectivity index (χ4n) is 3.94. The minimum atomic E-state index is -0.0229. The highest BCUT2D eigenvalue weighted by molar-refractivity contribution is 6.30. The van der Waals surface area contributed by atoms with Crippen molar-refractivity contribution in [3.8, 4) is 11.3 Å². The van der Waals surface area contributed by atoms with Crippen molar-refractivity contribution in [2.45, 2.75) is 6.54 Å². The van der Waals surface area contributed by atoms with E-state index in [-0.39, 0.29) is 6.03 Å². The van der Waals surface area contributed by atoms with Crippen LogP contribution >= 0.6 is 11.6 Å². The highest BCUT2D eigenvalue weighted by Gasteiger charge is 2.56. The maximum Gasteiger partial charge on any atom is 0.317 e. The zero-order valence-electron chi connectivity index (χ0n) is 15.0. The van der Waals surface area contributed by atoms with Crippen molar-refractivity contribution in [1.82, 2.24) is 20.3 Å². The Hall–Kier alpha value is -2.05. The minimum absolute atomic E-state index is 0.0229. The Kier molecular flexibility index (Phi) is 4.63. The maximum atomic E-state index is 12.4. The van der Waals surface area contributed by atoms with Crippen LogP contribution in [0.5, 0.6) is 0 Å². The van der Waals surface area contributed by atoms with E-state index in [1.165, 1.54) is 0 Å². The van der Waals surface area contributed by atoms with E-state index in [9.17, 15) is 4.79 Å². The predicted molar refractivity (Wildman–Crippen MR) is 99.8 cm³/mol. The SMILES string of the molecule is CN(C)CC1[C@H]2CN(C(=O)NCc3cc(-c4ccc(Cl)cc4)no3)C[C@@H]12. The summed E-state index contributed by atoms with van der Waals surface area (Å²) in [4.78, 5) is 16.5. The van der Waals surface area contributed by atoms with Gasteiger partial charge in [-0.15, -0.1) is 0 Å². The number of rotatable bonds is 5. The van der Waals surface area contributed by atoms with Crippen LogP contribution in [0.2, 0.25) is 5.02 Å². The Morgan fingerprint density at radius 1 is 1.31 bits per heavy atom. The number of carbonyl (C=O) groups is 1. The summed E-state index contributed by atoms with van der Waals surface area (Å²) < 4.78 is 5.33. The van der Waals surface area contributed by atoms with Crippen molar-refractivity contribution in [2.24, 2.45) is 17.8 Å². The van der Waals surface area contributed by atoms with Gasteiger partial charge in [0.25, 0.3) is 0 Å². The monoisotopic (exact) mass is 374 g/mol. The first kappa shape index (κ1) is 17.4. The third-order valence-corrected chi connectivity index (χ3v) is 5.60. The normalized spacial score (nSPS) is 24.0. The highest BCUT2D eigenvalue weighted by Crippen LogP contribution is 2.51. The van der Waals surface area contributed by atoms with Gasteiger partial charge in [0.2, 0.25) is 0 Å². The summed E-state index contributed by atoms with van der Waals surface area (Å²) in [7, 11) is 4.21. The van der Waals surface area contributed by atoms with E-state index in [4.69, 9.17) is 16.1 Å². The fourth-order valence-corrected chi connectivity index (χ4v) is 4.06. The first-order chi connectivity index (χ1) is 12.5. The smallest absolute Gasteiger partial charge is 0.317 e. The summed E-state index contributed by atoms with van der Waals surface area (Å²) in [6.07, 6.45) is 0. The molecule has 1 N–H and O–H groups in total. The van der Waals surface area contributed by atoms with Crippen molar-refractivity contribution >= 4 is 17.6 Å². The second kappa shape index (κ2) is 6.93. The van der Waals surface area contributed by atoms with Gasteiger partial charge in [0.15, 0.2) is 5.76 Å². The van der Waals surface area contributed by atoms with Crippen LogP contribution in [0.4, 0.5) is 4.79 Å². The van der Waals surface area contributed by atoms with Gasteiger partial charge in [-0.3, -0.25) is 0 Å². The summed E-state index contributed by atoms with van der Waals surface area (Å²) in [5.41, 5.74) is 1.67. The molecule has 2 amide bonds. The summed E-state index contributed by atoms with van der Waals surface area (Å²) >= 11 is 5.90. The van der Waals surface area contributed by atoms with E-state index < -0.39 is 0 Å². The molecule has 2 aromatic rings. The number of hydrogen-bond acceptors (Lipinski definition) is 4. The lowest BCUT2D eigenvalue weighted by Gasteiger charge is -2.21. The van der Waals surface area contributed by atoms with Crippen molar-refractivity contribution in [1.29, 1.82) is 0 Å². The number of urea groups is 1. The summed E-state index contributed by atoms with van der Waals surface area (Å²) in [5, 5.41) is 7.68. The van der Waals surface area contributed by atoms with Crippen molar-refractivity contribution in [3.05, 3.63) is 41.1 Å². The quantitative estimate of drug-likeness (QED) is 0.874. The summed E-state index contributed by atoms with van der Waals surface area (Å²) in [5.74, 6) is 2.73. The van der Waals surface area contributed by atoms with Crippen LogP contribution < -0.4 is 5.32 Å². The maximum absolute atomic E-state index is 12.4. The molecule has 7 heteroatoms. The van der Waals surface area contributed by atoms with Crippen molar-refractivity contribution < 1.29 is 9.32 Å². The highest BCUT2D eigenvalue weighted by atomic mass is 35.5. The lowest BCUT2D eigenvalue weighted by atomic mass is 10.1. The number of fused-ring (bicyclic) bond motifs is 1. The van der Waals surface area contributed by atoms with E-state index in [0.717, 1.165) is 36.8 Å². The summed E-state index contributed by atoms with van der Waals surface area (Å²) in [6.45, 7) is 3.19. The molecule has 1 aliphatic heterocycles. The van der Waals surface area contributed by atoms with Gasteiger partial charge in [0.05, 0.1) is 6.54 Å². The Labute approximate surface area is 158 Å². The molecular formula is C19H23ClN4O2. The molecule has 0 bridgehead atoms. The number of likely N-dealkylation sites (tertiary alicyclic amines) is 1. The van der Waals surface area contributed by atoms with E-state index in [2.05, 4.69) is 29.5 Å². The van der Waals surface area contributed by atoms with E-state index >= 15 is 0 Å². The van der Waals surface area contributed by atoms with Gasteiger partial charge in [0.1, 0.15) is 5.69 Å². The van der Waals surface area contributed by atoms with Crippen LogP contribution in [0.3, 0.4) is 0 Å². The molecule has 0 radical (unpaired) electrons. The Bertz CT molecular complexity index is 777. The first-order valence-electron chi connectivity index (χ1n) is 8.90. The topological polar surface area (TPSA) is 61.6 Å². The lowest BCUT2D eigenvalue weighted by Crippen LogP contribution is -2.40. The van der Waals surface area contributed by atoms with Gasteiger partial charge >= 0.3 is 6.03 Å². The number of hydrogen-bond donors (Lipinski definition) is 1. The van der Waals surface area contributed by atoms with Gasteiger partial charge in [-0.25, -0.2) is 4.79 Å². The average molecular weight is 375 g/mol. The van der Waals surface area contributed by atoms with Gasteiger partial charge in [0, 0.05) is 36.3 Å². The Balaban J connectivity index is 1.26. The van der Waals surface area contributed by atoms with Crippen LogP contribution in [-0.4, -0.2) is 54.7 Å². The molecule has 2 aliphatic rings. The molecule has 2 heterocycles. The van der Waals surface area contributed by atoms with Crippen LogP contribution in [0.15, 0.2) is 34.9 Å². The fraction of sp³-hybridized carbons (Fsp3) is 0.474.